The SMILES string of the molecule is C=C(C)c1ccc(-c2ccccc2)cc1.CCCC. The smallest absolute Gasteiger partial charge is 0.0184 e. The van der Waals surface area contributed by atoms with Crippen LogP contribution in [0.3, 0.4) is 0 Å². The summed E-state index contributed by atoms with van der Waals surface area (Å²) in [4.78, 5) is 0. The molecule has 0 unspecified atom stereocenters. The second-order valence-corrected chi connectivity index (χ2v) is 4.72. The van der Waals surface area contributed by atoms with Crippen molar-refractivity contribution in [3.8, 4) is 11.1 Å². The van der Waals surface area contributed by atoms with E-state index < -0.39 is 0 Å². The van der Waals surface area contributed by atoms with Crippen molar-refractivity contribution in [1.82, 2.24) is 0 Å². The molecule has 0 heteroatoms. The normalized spacial score (nSPS) is 9.42. The molecule has 0 heterocycles. The molecule has 0 saturated heterocycles. The third kappa shape index (κ3) is 5.13. The number of allylic oxidation sites excluding steroid dienone is 1. The molecule has 2 aromatic carbocycles. The monoisotopic (exact) mass is 252 g/mol. The van der Waals surface area contributed by atoms with Gasteiger partial charge in [0.15, 0.2) is 0 Å². The van der Waals surface area contributed by atoms with E-state index in [9.17, 15) is 0 Å². The molecule has 0 saturated carbocycles. The summed E-state index contributed by atoms with van der Waals surface area (Å²) in [6, 6.07) is 18.9. The van der Waals surface area contributed by atoms with Gasteiger partial charge in [0.2, 0.25) is 0 Å². The van der Waals surface area contributed by atoms with Gasteiger partial charge in [-0.1, -0.05) is 93.4 Å². The van der Waals surface area contributed by atoms with Crippen LogP contribution in [0, 0.1) is 0 Å². The van der Waals surface area contributed by atoms with Crippen LogP contribution in [0.2, 0.25) is 0 Å². The molecule has 0 atom stereocenters. The van der Waals surface area contributed by atoms with Crippen molar-refractivity contribution in [2.75, 3.05) is 0 Å². The summed E-state index contributed by atoms with van der Waals surface area (Å²) in [6.45, 7) is 10.3. The predicted octanol–water partition coefficient (Wildman–Crippen LogP) is 6.19. The molecular formula is C19H24. The first-order valence-electron chi connectivity index (χ1n) is 7.00. The van der Waals surface area contributed by atoms with Gasteiger partial charge < -0.3 is 0 Å². The molecule has 2 rings (SSSR count). The van der Waals surface area contributed by atoms with Gasteiger partial charge in [-0.15, -0.1) is 0 Å². The van der Waals surface area contributed by atoms with E-state index in [1.54, 1.807) is 0 Å². The predicted molar refractivity (Wildman–Crippen MR) is 87.2 cm³/mol. The summed E-state index contributed by atoms with van der Waals surface area (Å²) in [7, 11) is 0. The Kier molecular flexibility index (Phi) is 6.67. The van der Waals surface area contributed by atoms with Crippen molar-refractivity contribution in [1.29, 1.82) is 0 Å². The average Bonchev–Trinajstić information content (AvgIpc) is 2.48. The van der Waals surface area contributed by atoms with Crippen LogP contribution in [0.1, 0.15) is 39.2 Å². The molecule has 19 heavy (non-hydrogen) atoms. The molecular weight excluding hydrogens is 228 g/mol. The fourth-order valence-corrected chi connectivity index (χ4v) is 1.58. The zero-order chi connectivity index (χ0) is 14.1. The molecule has 0 nitrogen and oxygen atoms in total. The molecule has 0 aliphatic heterocycles. The van der Waals surface area contributed by atoms with Crippen LogP contribution in [0.5, 0.6) is 0 Å². The summed E-state index contributed by atoms with van der Waals surface area (Å²) in [5.74, 6) is 0. The minimum absolute atomic E-state index is 1.11. The topological polar surface area (TPSA) is 0 Å². The van der Waals surface area contributed by atoms with Crippen LogP contribution in [0.25, 0.3) is 16.7 Å². The van der Waals surface area contributed by atoms with Gasteiger partial charge in [-0.3, -0.25) is 0 Å². The third-order valence-corrected chi connectivity index (χ3v) is 2.98. The van der Waals surface area contributed by atoms with Gasteiger partial charge in [0.05, 0.1) is 0 Å². The van der Waals surface area contributed by atoms with Gasteiger partial charge in [0.1, 0.15) is 0 Å². The van der Waals surface area contributed by atoms with E-state index in [4.69, 9.17) is 0 Å². The van der Waals surface area contributed by atoms with Gasteiger partial charge in [0.25, 0.3) is 0 Å². The van der Waals surface area contributed by atoms with Crippen molar-refractivity contribution in [3.63, 3.8) is 0 Å². The Balaban J connectivity index is 0.000000399. The van der Waals surface area contributed by atoms with Crippen molar-refractivity contribution < 1.29 is 0 Å². The maximum absolute atomic E-state index is 3.93. The van der Waals surface area contributed by atoms with E-state index in [1.807, 2.05) is 13.0 Å². The number of benzene rings is 2. The second kappa shape index (κ2) is 8.31. The third-order valence-electron chi connectivity index (χ3n) is 2.98. The Bertz CT molecular complexity index is 475. The van der Waals surface area contributed by atoms with Crippen LogP contribution >= 0.6 is 0 Å². The summed E-state index contributed by atoms with van der Waals surface area (Å²) in [6.07, 6.45) is 2.64. The lowest BCUT2D eigenvalue weighted by Crippen LogP contribution is -1.80. The molecule has 2 aromatic rings. The number of hydrogen-bond acceptors (Lipinski definition) is 0. The van der Waals surface area contributed by atoms with Crippen molar-refractivity contribution >= 4 is 5.57 Å². The Morgan fingerprint density at radius 1 is 0.789 bits per heavy atom. The van der Waals surface area contributed by atoms with Crippen molar-refractivity contribution in [3.05, 3.63) is 66.7 Å². The lowest BCUT2D eigenvalue weighted by Gasteiger charge is -2.03. The summed E-state index contributed by atoms with van der Waals surface area (Å²) >= 11 is 0. The molecule has 0 N–H and O–H groups in total. The average molecular weight is 252 g/mol. The van der Waals surface area contributed by atoms with Crippen LogP contribution < -0.4 is 0 Å². The number of rotatable bonds is 3. The fraction of sp³-hybridized carbons (Fsp3) is 0.263. The molecule has 0 aliphatic rings. The van der Waals surface area contributed by atoms with Crippen LogP contribution in [-0.2, 0) is 0 Å². The highest BCUT2D eigenvalue weighted by Crippen LogP contribution is 2.21. The van der Waals surface area contributed by atoms with E-state index in [0.717, 1.165) is 5.57 Å². The molecule has 0 amide bonds. The number of unbranched alkanes of at least 4 members (excludes halogenated alkanes) is 1. The molecule has 0 aliphatic carbocycles. The van der Waals surface area contributed by atoms with Crippen LogP contribution in [0.4, 0.5) is 0 Å². The molecule has 0 bridgehead atoms. The summed E-state index contributed by atoms with van der Waals surface area (Å²) < 4.78 is 0. The highest BCUT2D eigenvalue weighted by molar-refractivity contribution is 5.68. The fourth-order valence-electron chi connectivity index (χ4n) is 1.58. The zero-order valence-corrected chi connectivity index (χ0v) is 12.3. The van der Waals surface area contributed by atoms with E-state index in [-0.39, 0.29) is 0 Å². The first-order valence-corrected chi connectivity index (χ1v) is 7.00. The Labute approximate surface area is 117 Å². The maximum Gasteiger partial charge on any atom is -0.0184 e. The molecule has 0 aromatic heterocycles. The van der Waals surface area contributed by atoms with Crippen LogP contribution in [0.15, 0.2) is 61.2 Å². The summed E-state index contributed by atoms with van der Waals surface area (Å²) in [5, 5.41) is 0. The Hall–Kier alpha value is -1.82. The quantitative estimate of drug-likeness (QED) is 0.610. The first-order chi connectivity index (χ1) is 9.19. The maximum atomic E-state index is 3.93. The van der Waals surface area contributed by atoms with E-state index in [0.29, 0.717) is 0 Å². The van der Waals surface area contributed by atoms with Crippen molar-refractivity contribution in [2.24, 2.45) is 0 Å². The standard InChI is InChI=1S/C15H14.C4H10/c1-12(2)13-8-10-15(11-9-13)14-6-4-3-5-7-14;1-3-4-2/h3-11H,1H2,2H3;3-4H2,1-2H3. The minimum Gasteiger partial charge on any atom is -0.0955 e. The van der Waals surface area contributed by atoms with Gasteiger partial charge >= 0.3 is 0 Å². The van der Waals surface area contributed by atoms with Gasteiger partial charge in [-0.05, 0) is 23.6 Å². The van der Waals surface area contributed by atoms with Crippen molar-refractivity contribution in [2.45, 2.75) is 33.6 Å². The molecule has 0 fully saturated rings. The van der Waals surface area contributed by atoms with Gasteiger partial charge in [-0.25, -0.2) is 0 Å². The lowest BCUT2D eigenvalue weighted by molar-refractivity contribution is 0.886. The Morgan fingerprint density at radius 3 is 1.68 bits per heavy atom. The second-order valence-electron chi connectivity index (χ2n) is 4.72. The van der Waals surface area contributed by atoms with Crippen LogP contribution in [-0.4, -0.2) is 0 Å². The Morgan fingerprint density at radius 2 is 1.26 bits per heavy atom. The minimum atomic E-state index is 1.11. The van der Waals surface area contributed by atoms with E-state index in [1.165, 1.54) is 29.5 Å². The largest absolute Gasteiger partial charge is 0.0955 e. The molecule has 0 spiro atoms. The highest BCUT2D eigenvalue weighted by Gasteiger charge is 1.97. The summed E-state index contributed by atoms with van der Waals surface area (Å²) in [5.41, 5.74) is 4.82. The van der Waals surface area contributed by atoms with E-state index >= 15 is 0 Å². The highest BCUT2D eigenvalue weighted by atomic mass is 14.0. The van der Waals surface area contributed by atoms with E-state index in [2.05, 4.69) is 69.0 Å². The molecule has 100 valence electrons. The lowest BCUT2D eigenvalue weighted by atomic mass is 10.0. The first kappa shape index (κ1) is 15.2. The van der Waals surface area contributed by atoms with Gasteiger partial charge in [0, 0.05) is 0 Å². The zero-order valence-electron chi connectivity index (χ0n) is 12.3. The number of hydrogen-bond donors (Lipinski definition) is 0. The van der Waals surface area contributed by atoms with Gasteiger partial charge in [-0.2, -0.15) is 0 Å². The molecule has 0 radical (unpaired) electrons.